The molecule has 2 aliphatic rings. The molecule has 1 aliphatic heterocycles. The number of rotatable bonds is 5. The Balaban J connectivity index is 1.77. The molecule has 3 rings (SSSR count). The molecule has 0 aromatic heterocycles. The zero-order valence-corrected chi connectivity index (χ0v) is 15.0. The molecular formula is C19H26N4O2. The SMILES string of the molecule is CCOc1cc(N2CCN(C)CC2)ccc1NC(=O)C1(C#N)CCC1. The van der Waals surface area contributed by atoms with Crippen LogP contribution in [0, 0.1) is 16.7 Å². The highest BCUT2D eigenvalue weighted by atomic mass is 16.5. The summed E-state index contributed by atoms with van der Waals surface area (Å²) in [5.74, 6) is 0.453. The highest BCUT2D eigenvalue weighted by Gasteiger charge is 2.44. The van der Waals surface area contributed by atoms with Gasteiger partial charge in [0.05, 0.1) is 18.4 Å². The van der Waals surface area contributed by atoms with Crippen LogP contribution in [-0.4, -0.2) is 50.6 Å². The van der Waals surface area contributed by atoms with Crippen LogP contribution in [0.4, 0.5) is 11.4 Å². The Kier molecular flexibility index (Phi) is 5.14. The van der Waals surface area contributed by atoms with E-state index in [1.165, 1.54) is 0 Å². The fraction of sp³-hybridized carbons (Fsp3) is 0.579. The number of piperazine rings is 1. The predicted molar refractivity (Wildman–Crippen MR) is 97.8 cm³/mol. The van der Waals surface area contributed by atoms with Crippen LogP contribution in [0.25, 0.3) is 0 Å². The fourth-order valence-corrected chi connectivity index (χ4v) is 3.31. The van der Waals surface area contributed by atoms with E-state index in [0.717, 1.165) is 38.3 Å². The minimum atomic E-state index is -0.861. The van der Waals surface area contributed by atoms with E-state index in [1.54, 1.807) is 0 Å². The van der Waals surface area contributed by atoms with Gasteiger partial charge in [-0.25, -0.2) is 0 Å². The van der Waals surface area contributed by atoms with Crippen LogP contribution in [0.15, 0.2) is 18.2 Å². The van der Waals surface area contributed by atoms with E-state index in [4.69, 9.17) is 4.74 Å². The van der Waals surface area contributed by atoms with Gasteiger partial charge in [-0.3, -0.25) is 4.79 Å². The molecule has 0 atom stereocenters. The summed E-state index contributed by atoms with van der Waals surface area (Å²) in [6, 6.07) is 8.08. The Hall–Kier alpha value is -2.26. The van der Waals surface area contributed by atoms with Gasteiger partial charge in [-0.1, -0.05) is 0 Å². The largest absolute Gasteiger partial charge is 0.492 e. The molecule has 0 unspecified atom stereocenters. The van der Waals surface area contributed by atoms with Gasteiger partial charge >= 0.3 is 0 Å². The van der Waals surface area contributed by atoms with Gasteiger partial charge in [-0.2, -0.15) is 5.26 Å². The Labute approximate surface area is 149 Å². The van der Waals surface area contributed by atoms with Crippen molar-refractivity contribution in [2.75, 3.05) is 50.1 Å². The number of ether oxygens (including phenoxy) is 1. The summed E-state index contributed by atoms with van der Waals surface area (Å²) in [7, 11) is 2.13. The molecule has 134 valence electrons. The molecular weight excluding hydrogens is 316 g/mol. The van der Waals surface area contributed by atoms with Crippen LogP contribution >= 0.6 is 0 Å². The lowest BCUT2D eigenvalue weighted by molar-refractivity contribution is -0.126. The summed E-state index contributed by atoms with van der Waals surface area (Å²) >= 11 is 0. The number of nitrogens with zero attached hydrogens (tertiary/aromatic N) is 3. The average Bonchev–Trinajstić information content (AvgIpc) is 2.57. The number of carbonyl (C=O) groups is 1. The van der Waals surface area contributed by atoms with E-state index in [2.05, 4.69) is 28.2 Å². The highest BCUT2D eigenvalue weighted by Crippen LogP contribution is 2.42. The number of nitriles is 1. The maximum atomic E-state index is 12.5. The van der Waals surface area contributed by atoms with Crippen LogP contribution in [0.1, 0.15) is 26.2 Å². The predicted octanol–water partition coefficient (Wildman–Crippen LogP) is 2.47. The number of benzene rings is 1. The molecule has 1 aliphatic carbocycles. The standard InChI is InChI=1S/C19H26N4O2/c1-3-25-17-13-15(23-11-9-22(2)10-12-23)5-6-16(17)21-18(24)19(14-20)7-4-8-19/h5-6,13H,3-4,7-12H2,1-2H3,(H,21,24). The second-order valence-electron chi connectivity index (χ2n) is 6.91. The van der Waals surface area contributed by atoms with Crippen molar-refractivity contribution in [1.29, 1.82) is 5.26 Å². The van der Waals surface area contributed by atoms with E-state index < -0.39 is 5.41 Å². The molecule has 1 N–H and O–H groups in total. The van der Waals surface area contributed by atoms with Crippen LogP contribution in [0.2, 0.25) is 0 Å². The van der Waals surface area contributed by atoms with Crippen molar-refractivity contribution in [3.8, 4) is 11.8 Å². The maximum absolute atomic E-state index is 12.5. The van der Waals surface area contributed by atoms with Crippen molar-refractivity contribution in [2.45, 2.75) is 26.2 Å². The van der Waals surface area contributed by atoms with Gasteiger partial charge in [-0.05, 0) is 45.4 Å². The van der Waals surface area contributed by atoms with Crippen molar-refractivity contribution in [2.24, 2.45) is 5.41 Å². The van der Waals surface area contributed by atoms with Gasteiger partial charge < -0.3 is 19.9 Å². The Morgan fingerprint density at radius 2 is 2.04 bits per heavy atom. The van der Waals surface area contributed by atoms with Gasteiger partial charge in [-0.15, -0.1) is 0 Å². The van der Waals surface area contributed by atoms with Crippen LogP contribution in [0.5, 0.6) is 5.75 Å². The molecule has 1 heterocycles. The Morgan fingerprint density at radius 3 is 2.60 bits per heavy atom. The van der Waals surface area contributed by atoms with Crippen molar-refractivity contribution in [3.63, 3.8) is 0 Å². The summed E-state index contributed by atoms with van der Waals surface area (Å²) < 4.78 is 5.75. The van der Waals surface area contributed by atoms with Gasteiger partial charge in [0.25, 0.3) is 0 Å². The molecule has 0 spiro atoms. The second kappa shape index (κ2) is 7.32. The lowest BCUT2D eigenvalue weighted by atomic mass is 9.69. The fourth-order valence-electron chi connectivity index (χ4n) is 3.31. The molecule has 0 bridgehead atoms. The molecule has 6 nitrogen and oxygen atoms in total. The van der Waals surface area contributed by atoms with E-state index in [0.29, 0.717) is 30.9 Å². The first kappa shape index (κ1) is 17.6. The van der Waals surface area contributed by atoms with Gasteiger partial charge in [0, 0.05) is 37.9 Å². The first-order valence-electron chi connectivity index (χ1n) is 9.01. The minimum Gasteiger partial charge on any atom is -0.492 e. The van der Waals surface area contributed by atoms with Gasteiger partial charge in [0.1, 0.15) is 11.2 Å². The monoisotopic (exact) mass is 342 g/mol. The third-order valence-corrected chi connectivity index (χ3v) is 5.24. The number of hydrogen-bond donors (Lipinski definition) is 1. The molecule has 1 aromatic carbocycles. The molecule has 0 radical (unpaired) electrons. The van der Waals surface area contributed by atoms with Crippen molar-refractivity contribution in [1.82, 2.24) is 4.90 Å². The van der Waals surface area contributed by atoms with Crippen molar-refractivity contribution in [3.05, 3.63) is 18.2 Å². The number of likely N-dealkylation sites (N-methyl/N-ethyl adjacent to an activating group) is 1. The quantitative estimate of drug-likeness (QED) is 0.890. The normalized spacial score (nSPS) is 19.6. The first-order valence-corrected chi connectivity index (χ1v) is 9.01. The molecule has 1 saturated heterocycles. The lowest BCUT2D eigenvalue weighted by Crippen LogP contribution is -2.44. The zero-order chi connectivity index (χ0) is 17.9. The molecule has 2 fully saturated rings. The lowest BCUT2D eigenvalue weighted by Gasteiger charge is -2.35. The number of hydrogen-bond acceptors (Lipinski definition) is 5. The van der Waals surface area contributed by atoms with E-state index >= 15 is 0 Å². The molecule has 1 amide bonds. The number of anilines is 2. The summed E-state index contributed by atoms with van der Waals surface area (Å²) in [5.41, 5.74) is 0.888. The Morgan fingerprint density at radius 1 is 1.32 bits per heavy atom. The topological polar surface area (TPSA) is 68.6 Å². The van der Waals surface area contributed by atoms with E-state index in [1.807, 2.05) is 25.1 Å². The van der Waals surface area contributed by atoms with Crippen molar-refractivity contribution < 1.29 is 9.53 Å². The van der Waals surface area contributed by atoms with Crippen LogP contribution in [-0.2, 0) is 4.79 Å². The summed E-state index contributed by atoms with van der Waals surface area (Å²) in [4.78, 5) is 17.2. The smallest absolute Gasteiger partial charge is 0.244 e. The van der Waals surface area contributed by atoms with Gasteiger partial charge in [0.2, 0.25) is 5.91 Å². The summed E-state index contributed by atoms with van der Waals surface area (Å²) in [5, 5.41) is 12.3. The zero-order valence-electron chi connectivity index (χ0n) is 15.0. The average molecular weight is 342 g/mol. The molecule has 6 heteroatoms. The second-order valence-corrected chi connectivity index (χ2v) is 6.91. The number of carbonyl (C=O) groups excluding carboxylic acids is 1. The maximum Gasteiger partial charge on any atom is 0.244 e. The van der Waals surface area contributed by atoms with E-state index in [-0.39, 0.29) is 5.91 Å². The summed E-state index contributed by atoms with van der Waals surface area (Å²) in [6.45, 7) is 6.48. The molecule has 1 saturated carbocycles. The van der Waals surface area contributed by atoms with Gasteiger partial charge in [0.15, 0.2) is 0 Å². The molecule has 1 aromatic rings. The first-order chi connectivity index (χ1) is 12.1. The third kappa shape index (κ3) is 3.57. The summed E-state index contributed by atoms with van der Waals surface area (Å²) in [6.07, 6.45) is 2.21. The number of amides is 1. The molecule has 25 heavy (non-hydrogen) atoms. The third-order valence-electron chi connectivity index (χ3n) is 5.24. The minimum absolute atomic E-state index is 0.213. The number of nitrogens with one attached hydrogen (secondary N) is 1. The Bertz CT molecular complexity index is 670. The van der Waals surface area contributed by atoms with Crippen molar-refractivity contribution >= 4 is 17.3 Å². The van der Waals surface area contributed by atoms with Crippen LogP contribution < -0.4 is 15.0 Å². The van der Waals surface area contributed by atoms with E-state index in [9.17, 15) is 10.1 Å². The highest BCUT2D eigenvalue weighted by molar-refractivity contribution is 5.99. The van der Waals surface area contributed by atoms with Crippen LogP contribution in [0.3, 0.4) is 0 Å².